The van der Waals surface area contributed by atoms with Crippen LogP contribution in [0.3, 0.4) is 0 Å². The van der Waals surface area contributed by atoms with Crippen molar-refractivity contribution in [1.29, 1.82) is 0 Å². The van der Waals surface area contributed by atoms with Crippen LogP contribution in [0.2, 0.25) is 0 Å². The Morgan fingerprint density at radius 3 is 2.47 bits per heavy atom. The second kappa shape index (κ2) is 11.9. The van der Waals surface area contributed by atoms with Crippen molar-refractivity contribution in [2.75, 3.05) is 13.6 Å². The van der Waals surface area contributed by atoms with Gasteiger partial charge in [-0.1, -0.05) is 6.07 Å². The van der Waals surface area contributed by atoms with Gasteiger partial charge in [-0.3, -0.25) is 4.79 Å². The van der Waals surface area contributed by atoms with E-state index < -0.39 is 78.1 Å². The fraction of sp³-hybridized carbons (Fsp3) is 0.600. The van der Waals surface area contributed by atoms with E-state index in [0.717, 1.165) is 26.3 Å². The molecule has 1 spiro atoms. The summed E-state index contributed by atoms with van der Waals surface area (Å²) in [6.07, 6.45) is -7.72. The SMILES string of the molecule is C[C@H](O)C(=O)O[C@@H](CC(=O)OC1=CC[C@@]2(O)[C@H]3Cc4ccc(O)c5c4C2(CCN3C)[C@H]1O5)C(O)O[C@@H](C)C(=O)O[C@@H](C)C(=O)O. The Morgan fingerprint density at radius 1 is 1.09 bits per heavy atom. The van der Waals surface area contributed by atoms with E-state index in [2.05, 4.69) is 4.90 Å². The number of piperidine rings is 1. The van der Waals surface area contributed by atoms with Gasteiger partial charge in [0.15, 0.2) is 42.2 Å². The molecular weight excluding hydrogens is 598 g/mol. The van der Waals surface area contributed by atoms with Gasteiger partial charge in [0.05, 0.1) is 17.4 Å². The molecule has 246 valence electrons. The molecule has 2 unspecified atom stereocenters. The molecule has 1 fully saturated rings. The van der Waals surface area contributed by atoms with Crippen molar-refractivity contribution in [3.05, 3.63) is 35.1 Å². The highest BCUT2D eigenvalue weighted by atomic mass is 16.7. The number of esters is 3. The third-order valence-electron chi connectivity index (χ3n) is 9.20. The van der Waals surface area contributed by atoms with Gasteiger partial charge in [-0.25, -0.2) is 14.4 Å². The topological polar surface area (TPSA) is 219 Å². The zero-order valence-electron chi connectivity index (χ0n) is 25.2. The maximum atomic E-state index is 13.3. The Balaban J connectivity index is 1.36. The van der Waals surface area contributed by atoms with E-state index >= 15 is 0 Å². The van der Waals surface area contributed by atoms with Crippen LogP contribution in [-0.4, -0.2) is 116 Å². The van der Waals surface area contributed by atoms with Crippen LogP contribution in [0.4, 0.5) is 0 Å². The van der Waals surface area contributed by atoms with Gasteiger partial charge in [-0.2, -0.15) is 0 Å². The molecule has 2 heterocycles. The monoisotopic (exact) mass is 635 g/mol. The van der Waals surface area contributed by atoms with Crippen molar-refractivity contribution in [3.63, 3.8) is 0 Å². The number of aliphatic hydroxyl groups excluding tert-OH is 2. The molecule has 9 atom stereocenters. The van der Waals surface area contributed by atoms with Gasteiger partial charge in [0.25, 0.3) is 0 Å². The van der Waals surface area contributed by atoms with Crippen molar-refractivity contribution in [3.8, 4) is 11.5 Å². The van der Waals surface area contributed by atoms with Gasteiger partial charge in [0.2, 0.25) is 0 Å². The molecule has 0 saturated carbocycles. The fourth-order valence-corrected chi connectivity index (χ4v) is 6.90. The minimum absolute atomic E-state index is 0.0621. The number of ether oxygens (including phenoxy) is 5. The van der Waals surface area contributed by atoms with E-state index in [1.807, 2.05) is 7.05 Å². The van der Waals surface area contributed by atoms with Crippen molar-refractivity contribution < 1.29 is 68.4 Å². The highest BCUT2D eigenvalue weighted by Gasteiger charge is 2.72. The van der Waals surface area contributed by atoms with Crippen molar-refractivity contribution in [1.82, 2.24) is 4.90 Å². The van der Waals surface area contributed by atoms with E-state index in [1.165, 1.54) is 6.07 Å². The molecule has 15 nitrogen and oxygen atoms in total. The summed E-state index contributed by atoms with van der Waals surface area (Å²) in [5.41, 5.74) is -0.726. The summed E-state index contributed by atoms with van der Waals surface area (Å²) in [5, 5.41) is 52.2. The highest BCUT2D eigenvalue weighted by Crippen LogP contribution is 2.65. The van der Waals surface area contributed by atoms with Crippen LogP contribution >= 0.6 is 0 Å². The first-order chi connectivity index (χ1) is 21.1. The molecule has 0 aromatic heterocycles. The molecular formula is C30H37NO14. The molecule has 5 N–H and O–H groups in total. The van der Waals surface area contributed by atoms with Crippen molar-refractivity contribution >= 4 is 23.9 Å². The molecule has 2 bridgehead atoms. The van der Waals surface area contributed by atoms with E-state index in [9.17, 15) is 39.6 Å². The number of hydrogen-bond donors (Lipinski definition) is 5. The predicted octanol–water partition coefficient (Wildman–Crippen LogP) is -0.364. The summed E-state index contributed by atoms with van der Waals surface area (Å²) < 4.78 is 26.9. The third kappa shape index (κ3) is 5.42. The molecule has 5 rings (SSSR count). The van der Waals surface area contributed by atoms with Gasteiger partial charge in [-0.05, 0) is 64.9 Å². The number of rotatable bonds is 11. The number of benzene rings is 1. The number of hydrogen-bond acceptors (Lipinski definition) is 14. The smallest absolute Gasteiger partial charge is 0.344 e. The maximum Gasteiger partial charge on any atom is 0.344 e. The number of nitrogens with zero attached hydrogens (tertiary/aromatic N) is 1. The van der Waals surface area contributed by atoms with Gasteiger partial charge < -0.3 is 54.1 Å². The standard InChI is InChI=1S/C30H37NO14/c1-13(32)26(37)44-19(28(39)42-15(3)27(38)41-14(2)25(35)36)12-21(34)43-18-7-8-30(40)20-11-16-5-6-17(33)23-22(16)29(30,24(18)45-23)9-10-31(20)4/h5-7,13-15,19-20,24,28,32-33,39-40H,8-12H2,1-4H3,(H,35,36)/t13-,14-,15-,19-,20+,24-,28?,29?,30+/m0/s1. The quantitative estimate of drug-likeness (QED) is 0.119. The molecule has 0 radical (unpaired) electrons. The predicted molar refractivity (Wildman–Crippen MR) is 149 cm³/mol. The van der Waals surface area contributed by atoms with Crippen LogP contribution in [0.15, 0.2) is 24.0 Å². The molecule has 4 aliphatic rings. The van der Waals surface area contributed by atoms with E-state index in [1.54, 1.807) is 12.1 Å². The van der Waals surface area contributed by atoms with Gasteiger partial charge in [0, 0.05) is 18.0 Å². The molecule has 45 heavy (non-hydrogen) atoms. The largest absolute Gasteiger partial charge is 0.504 e. The zero-order chi connectivity index (χ0) is 33.0. The molecule has 15 heteroatoms. The number of carbonyl (C=O) groups is 4. The minimum atomic E-state index is -2.11. The Hall–Kier alpha value is -3.76. The summed E-state index contributed by atoms with van der Waals surface area (Å²) in [6, 6.07) is 3.07. The van der Waals surface area contributed by atoms with Crippen LogP contribution in [-0.2, 0) is 50.0 Å². The zero-order valence-corrected chi connectivity index (χ0v) is 25.2. The fourth-order valence-electron chi connectivity index (χ4n) is 6.90. The summed E-state index contributed by atoms with van der Waals surface area (Å²) >= 11 is 0. The number of aromatic hydroxyl groups is 1. The van der Waals surface area contributed by atoms with E-state index in [4.69, 9.17) is 28.8 Å². The number of carboxylic acids is 1. The first-order valence-electron chi connectivity index (χ1n) is 14.6. The lowest BCUT2D eigenvalue weighted by molar-refractivity contribution is -0.218. The molecule has 1 aromatic rings. The van der Waals surface area contributed by atoms with Crippen molar-refractivity contribution in [2.45, 2.75) is 100 Å². The first-order valence-corrected chi connectivity index (χ1v) is 14.6. The summed E-state index contributed by atoms with van der Waals surface area (Å²) in [5.74, 6) is -4.60. The lowest BCUT2D eigenvalue weighted by Gasteiger charge is -2.61. The third-order valence-corrected chi connectivity index (χ3v) is 9.20. The van der Waals surface area contributed by atoms with E-state index in [-0.39, 0.29) is 29.7 Å². The molecule has 1 saturated heterocycles. The van der Waals surface area contributed by atoms with Crippen LogP contribution in [0, 0.1) is 0 Å². The number of aliphatic hydroxyl groups is 3. The molecule has 0 amide bonds. The highest BCUT2D eigenvalue weighted by molar-refractivity contribution is 5.80. The van der Waals surface area contributed by atoms with Crippen LogP contribution in [0.25, 0.3) is 0 Å². The Labute approximate surface area is 257 Å². The molecule has 1 aromatic carbocycles. The maximum absolute atomic E-state index is 13.3. The summed E-state index contributed by atoms with van der Waals surface area (Å²) in [6.45, 7) is 3.97. The molecule has 2 aliphatic carbocycles. The lowest BCUT2D eigenvalue weighted by Crippen LogP contribution is -2.74. The Morgan fingerprint density at radius 2 is 1.80 bits per heavy atom. The second-order valence-electron chi connectivity index (χ2n) is 12.0. The minimum Gasteiger partial charge on any atom is -0.504 e. The number of phenolic OH excluding ortho intramolecular Hbond substituents is 1. The number of aliphatic carboxylic acids is 1. The Kier molecular flexibility index (Phi) is 8.61. The second-order valence-corrected chi connectivity index (χ2v) is 12.0. The Bertz CT molecular complexity index is 1430. The number of likely N-dealkylation sites (tertiary alicyclic amines) is 1. The number of likely N-dealkylation sites (N-methyl/N-ethyl adjacent to an activating group) is 1. The van der Waals surface area contributed by atoms with Crippen molar-refractivity contribution in [2.24, 2.45) is 0 Å². The number of carbonyl (C=O) groups excluding carboxylic acids is 3. The average Bonchev–Trinajstić information content (AvgIpc) is 3.33. The average molecular weight is 636 g/mol. The van der Waals surface area contributed by atoms with E-state index in [0.29, 0.717) is 24.9 Å². The number of phenols is 1. The van der Waals surface area contributed by atoms with Crippen LogP contribution < -0.4 is 4.74 Å². The lowest BCUT2D eigenvalue weighted by atomic mass is 9.50. The van der Waals surface area contributed by atoms with Crippen LogP contribution in [0.1, 0.15) is 51.2 Å². The van der Waals surface area contributed by atoms with Gasteiger partial charge >= 0.3 is 23.9 Å². The van der Waals surface area contributed by atoms with Gasteiger partial charge in [0.1, 0.15) is 11.9 Å². The van der Waals surface area contributed by atoms with Crippen LogP contribution in [0.5, 0.6) is 11.5 Å². The summed E-state index contributed by atoms with van der Waals surface area (Å²) in [4.78, 5) is 50.8. The summed E-state index contributed by atoms with van der Waals surface area (Å²) in [7, 11) is 1.93. The number of carboxylic acid groups (broad SMARTS) is 1. The molecule has 2 aliphatic heterocycles. The van der Waals surface area contributed by atoms with Gasteiger partial charge in [-0.15, -0.1) is 0 Å². The first kappa shape index (κ1) is 32.6. The normalized spacial score (nSPS) is 29.5.